The zero-order valence-electron chi connectivity index (χ0n) is 31.1. The van der Waals surface area contributed by atoms with Crippen LogP contribution in [0.3, 0.4) is 0 Å². The van der Waals surface area contributed by atoms with Crippen LogP contribution in [0.15, 0.2) is 119 Å². The Morgan fingerprint density at radius 2 is 1.40 bits per heavy atom. The molecule has 0 fully saturated rings. The number of fused-ring (bicyclic) bond motifs is 2. The van der Waals surface area contributed by atoms with Crippen LogP contribution < -0.4 is 10.4 Å². The molecule has 3 aliphatic carbocycles. The molecule has 248 valence electrons. The van der Waals surface area contributed by atoms with Gasteiger partial charge in [0.25, 0.3) is 0 Å². The number of hydrogen-bond donors (Lipinski definition) is 0. The van der Waals surface area contributed by atoms with Crippen molar-refractivity contribution >= 4 is 14.9 Å². The summed E-state index contributed by atoms with van der Waals surface area (Å²) in [7, 11) is 0. The molecule has 1 unspecified atom stereocenters. The molecule has 0 radical (unpaired) electrons. The Labute approximate surface area is 306 Å². The molecule has 0 N–H and O–H groups in total. The van der Waals surface area contributed by atoms with Crippen LogP contribution in [0.1, 0.15) is 110 Å². The Morgan fingerprint density at radius 1 is 0.792 bits per heavy atom. The predicted octanol–water partition coefficient (Wildman–Crippen LogP) is 10.9. The number of aryl methyl sites for hydroxylation is 1. The molecule has 48 heavy (non-hydrogen) atoms. The van der Waals surface area contributed by atoms with Gasteiger partial charge in [-0.05, 0) is 48.3 Å². The van der Waals surface area contributed by atoms with Crippen LogP contribution in [-0.4, -0.2) is 3.21 Å². The third kappa shape index (κ3) is 6.66. The van der Waals surface area contributed by atoms with Crippen molar-refractivity contribution in [1.82, 2.24) is 0 Å². The molecule has 0 amide bonds. The number of benzene rings is 3. The van der Waals surface area contributed by atoms with E-state index < -0.39 is 0 Å². The predicted molar refractivity (Wildman–Crippen MR) is 205 cm³/mol. The third-order valence-electron chi connectivity index (χ3n) is 10.7. The summed E-state index contributed by atoms with van der Waals surface area (Å²) < 4.78 is 1.42. The Hall–Kier alpha value is -2.89. The Morgan fingerprint density at radius 3 is 1.83 bits per heavy atom. The van der Waals surface area contributed by atoms with Crippen LogP contribution >= 0.6 is 0 Å². The van der Waals surface area contributed by atoms with Crippen molar-refractivity contribution in [3.05, 3.63) is 152 Å². The van der Waals surface area contributed by atoms with Gasteiger partial charge in [-0.2, -0.15) is 0 Å². The maximum atomic E-state index is 4.06. The summed E-state index contributed by atoms with van der Waals surface area (Å²) in [5.74, 6) is 1.99. The van der Waals surface area contributed by atoms with Gasteiger partial charge >= 0.3 is 99.2 Å². The van der Waals surface area contributed by atoms with Gasteiger partial charge < -0.3 is 0 Å². The molecule has 3 aromatic rings. The van der Waals surface area contributed by atoms with Gasteiger partial charge in [0.1, 0.15) is 0 Å². The molecule has 1 heteroatoms. The third-order valence-corrected chi connectivity index (χ3v) is 12.1. The molecule has 1 atom stereocenters. The van der Waals surface area contributed by atoms with Crippen molar-refractivity contribution in [3.63, 3.8) is 0 Å². The van der Waals surface area contributed by atoms with Crippen molar-refractivity contribution in [2.24, 2.45) is 23.2 Å². The average Bonchev–Trinajstić information content (AvgIpc) is 3.75. The van der Waals surface area contributed by atoms with Gasteiger partial charge in [0, 0.05) is 0 Å². The van der Waals surface area contributed by atoms with E-state index in [-0.39, 0.29) is 5.41 Å². The molecular weight excluding hydrogens is 656 g/mol. The maximum absolute atomic E-state index is 4.06. The standard InChI is InChI=1S/C34H45.C13H10.Zr/c1-11-24-17-26-19-28-31(30(26)27(18-24)20(3)4)29(21(5)6)32(22(7)8)34(12-2,23(9)10)33(28)25-15-13-14-16-25;1-3-7-12(8-4-1)11-13-9-5-2-6-10-13;/h13-15,17-18,20-23H,11-12,16H2,1-10H3;1-10H;/q-1;;. The van der Waals surface area contributed by atoms with Crippen LogP contribution in [0.25, 0.3) is 11.6 Å². The van der Waals surface area contributed by atoms with Crippen molar-refractivity contribution in [2.45, 2.75) is 94.4 Å². The molecule has 0 aliphatic heterocycles. The molecule has 0 heterocycles. The molecule has 0 bridgehead atoms. The van der Waals surface area contributed by atoms with E-state index in [4.69, 9.17) is 0 Å². The first kappa shape index (κ1) is 36.4. The quantitative estimate of drug-likeness (QED) is 0.194. The van der Waals surface area contributed by atoms with Gasteiger partial charge in [0.15, 0.2) is 0 Å². The molecule has 3 aromatic carbocycles. The molecule has 0 saturated heterocycles. The van der Waals surface area contributed by atoms with Crippen LogP contribution in [0, 0.1) is 23.2 Å². The van der Waals surface area contributed by atoms with Crippen LogP contribution in [0.5, 0.6) is 0 Å². The zero-order valence-corrected chi connectivity index (χ0v) is 33.5. The SMILES string of the molecule is CCc1cc(C(C)C)c2c(c1)=[C-]C1=C(C3=CC=CC3)C(CC)(C(C)C)C(C(C)C)=C(C(C)C)C=21.[Zr]=[C](c1ccccc1)c1ccccc1. The second kappa shape index (κ2) is 15.3. The minimum absolute atomic E-state index is 0.0467. The number of hydrogen-bond acceptors (Lipinski definition) is 0. The average molecular weight is 711 g/mol. The fraction of sp³-hybridized carbons (Fsp3) is 0.383. The summed E-state index contributed by atoms with van der Waals surface area (Å²) in [5, 5.41) is 2.80. The summed E-state index contributed by atoms with van der Waals surface area (Å²) >= 11 is 1.46. The molecule has 0 spiro atoms. The number of rotatable bonds is 9. The monoisotopic (exact) mass is 709 g/mol. The van der Waals surface area contributed by atoms with Crippen molar-refractivity contribution in [2.75, 3.05) is 0 Å². The topological polar surface area (TPSA) is 0 Å². The van der Waals surface area contributed by atoms with E-state index in [1.165, 1.54) is 76.9 Å². The summed E-state index contributed by atoms with van der Waals surface area (Å²) in [6.45, 7) is 24.0. The molecule has 0 nitrogen and oxygen atoms in total. The Kier molecular flexibility index (Phi) is 11.6. The van der Waals surface area contributed by atoms with Crippen molar-refractivity contribution in [3.8, 4) is 0 Å². The van der Waals surface area contributed by atoms with Gasteiger partial charge in [0.05, 0.1) is 0 Å². The van der Waals surface area contributed by atoms with Crippen molar-refractivity contribution < 1.29 is 24.2 Å². The van der Waals surface area contributed by atoms with E-state index >= 15 is 0 Å². The number of allylic oxidation sites excluding steroid dienone is 8. The second-order valence-corrected chi connectivity index (χ2v) is 16.1. The molecular formula is C47H55Zr-. The van der Waals surface area contributed by atoms with Crippen LogP contribution in [0.4, 0.5) is 0 Å². The first-order valence-corrected chi connectivity index (χ1v) is 19.6. The molecule has 0 saturated carbocycles. The Balaban J connectivity index is 0.000000267. The molecule has 3 aliphatic rings. The van der Waals surface area contributed by atoms with Gasteiger partial charge in [-0.3, -0.25) is 0 Å². The fourth-order valence-corrected chi connectivity index (χ4v) is 9.35. The summed E-state index contributed by atoms with van der Waals surface area (Å²) in [5.41, 5.74) is 14.9. The van der Waals surface area contributed by atoms with Gasteiger partial charge in [-0.1, -0.05) is 127 Å². The second-order valence-electron chi connectivity index (χ2n) is 14.9. The van der Waals surface area contributed by atoms with E-state index in [1.807, 2.05) is 0 Å². The van der Waals surface area contributed by atoms with E-state index in [0.717, 1.165) is 19.3 Å². The minimum atomic E-state index is 0.0467. The zero-order chi connectivity index (χ0) is 34.7. The van der Waals surface area contributed by atoms with E-state index in [1.54, 1.807) is 16.7 Å². The summed E-state index contributed by atoms with van der Waals surface area (Å²) in [6, 6.07) is 26.0. The summed E-state index contributed by atoms with van der Waals surface area (Å²) in [4.78, 5) is 0. The van der Waals surface area contributed by atoms with Gasteiger partial charge in [0.2, 0.25) is 0 Å². The van der Waals surface area contributed by atoms with Crippen LogP contribution in [-0.2, 0) is 30.7 Å². The normalized spacial score (nSPS) is 18.4. The Bertz CT molecular complexity index is 1860. The molecule has 0 aromatic heterocycles. The first-order valence-electron chi connectivity index (χ1n) is 18.3. The van der Waals surface area contributed by atoms with Crippen LogP contribution in [0.2, 0.25) is 0 Å². The van der Waals surface area contributed by atoms with Gasteiger partial charge in [-0.15, -0.1) is 33.7 Å². The first-order chi connectivity index (χ1) is 23.0. The van der Waals surface area contributed by atoms with Crippen molar-refractivity contribution in [1.29, 1.82) is 0 Å². The molecule has 6 rings (SSSR count). The van der Waals surface area contributed by atoms with E-state index in [9.17, 15) is 0 Å². The van der Waals surface area contributed by atoms with Gasteiger partial charge in [-0.25, -0.2) is 0 Å². The summed E-state index contributed by atoms with van der Waals surface area (Å²) in [6.07, 6.45) is 14.3. The van der Waals surface area contributed by atoms with E-state index in [0.29, 0.717) is 23.7 Å². The van der Waals surface area contributed by atoms with E-state index in [2.05, 4.69) is 166 Å². The fourth-order valence-electron chi connectivity index (χ4n) is 8.53.